The zero-order valence-electron chi connectivity index (χ0n) is 19.2. The molecule has 0 spiro atoms. The smallest absolute Gasteiger partial charge is 0.244 e. The van der Waals surface area contributed by atoms with Gasteiger partial charge in [-0.15, -0.1) is 0 Å². The highest BCUT2D eigenvalue weighted by Crippen LogP contribution is 2.22. The minimum Gasteiger partial charge on any atom is -0.354 e. The number of benzene rings is 2. The zero-order valence-corrected chi connectivity index (χ0v) is 20.1. The van der Waals surface area contributed by atoms with E-state index in [0.717, 1.165) is 34.5 Å². The SMILES string of the molecule is CCCCNC(=O)[C@@H](C)N(Cc1ccccc1)C(=O)CN(c1ccccc1C)S(C)(=O)=O. The molecule has 1 N–H and O–H groups in total. The number of aryl methyl sites for hydroxylation is 1. The van der Waals surface area contributed by atoms with E-state index < -0.39 is 22.0 Å². The molecule has 0 fully saturated rings. The first-order chi connectivity index (χ1) is 15.1. The van der Waals surface area contributed by atoms with Crippen LogP contribution in [0, 0.1) is 6.92 Å². The number of anilines is 1. The van der Waals surface area contributed by atoms with Gasteiger partial charge in [-0.1, -0.05) is 61.9 Å². The molecular weight excluding hydrogens is 426 g/mol. The van der Waals surface area contributed by atoms with Crippen LogP contribution in [0.4, 0.5) is 5.69 Å². The number of carbonyl (C=O) groups is 2. The van der Waals surface area contributed by atoms with E-state index in [2.05, 4.69) is 5.32 Å². The normalized spacial score (nSPS) is 12.1. The van der Waals surface area contributed by atoms with Crippen LogP contribution in [0.1, 0.15) is 37.8 Å². The van der Waals surface area contributed by atoms with Crippen LogP contribution in [0.3, 0.4) is 0 Å². The first-order valence-corrected chi connectivity index (χ1v) is 12.6. The summed E-state index contributed by atoms with van der Waals surface area (Å²) in [4.78, 5) is 27.6. The number of para-hydroxylation sites is 1. The molecule has 0 saturated carbocycles. The molecule has 0 aliphatic rings. The van der Waals surface area contributed by atoms with Gasteiger partial charge in [0.25, 0.3) is 0 Å². The van der Waals surface area contributed by atoms with E-state index in [1.54, 1.807) is 32.0 Å². The summed E-state index contributed by atoms with van der Waals surface area (Å²) < 4.78 is 26.2. The van der Waals surface area contributed by atoms with Crippen molar-refractivity contribution in [2.45, 2.75) is 46.2 Å². The summed E-state index contributed by atoms with van der Waals surface area (Å²) in [6.45, 7) is 5.85. The van der Waals surface area contributed by atoms with Crippen LogP contribution in [0.15, 0.2) is 54.6 Å². The monoisotopic (exact) mass is 459 g/mol. The number of nitrogens with one attached hydrogen (secondary N) is 1. The lowest BCUT2D eigenvalue weighted by molar-refractivity contribution is -0.139. The fraction of sp³-hybridized carbons (Fsp3) is 0.417. The summed E-state index contributed by atoms with van der Waals surface area (Å²) in [6, 6.07) is 15.6. The van der Waals surface area contributed by atoms with E-state index >= 15 is 0 Å². The Hall–Kier alpha value is -2.87. The minimum atomic E-state index is -3.72. The maximum Gasteiger partial charge on any atom is 0.244 e. The van der Waals surface area contributed by atoms with Gasteiger partial charge < -0.3 is 10.2 Å². The molecule has 0 bridgehead atoms. The maximum absolute atomic E-state index is 13.4. The molecule has 0 aliphatic carbocycles. The van der Waals surface area contributed by atoms with Crippen LogP contribution in [-0.2, 0) is 26.2 Å². The van der Waals surface area contributed by atoms with Gasteiger partial charge in [0.2, 0.25) is 21.8 Å². The van der Waals surface area contributed by atoms with Crippen molar-refractivity contribution in [1.82, 2.24) is 10.2 Å². The predicted molar refractivity (Wildman–Crippen MR) is 128 cm³/mol. The van der Waals surface area contributed by atoms with Gasteiger partial charge in [-0.25, -0.2) is 8.42 Å². The van der Waals surface area contributed by atoms with Crippen molar-refractivity contribution in [3.05, 3.63) is 65.7 Å². The highest BCUT2D eigenvalue weighted by atomic mass is 32.2. The van der Waals surface area contributed by atoms with Gasteiger partial charge in [0.05, 0.1) is 11.9 Å². The largest absolute Gasteiger partial charge is 0.354 e. The van der Waals surface area contributed by atoms with Crippen LogP contribution in [0.2, 0.25) is 0 Å². The van der Waals surface area contributed by atoms with E-state index in [9.17, 15) is 18.0 Å². The summed E-state index contributed by atoms with van der Waals surface area (Å²) in [5, 5.41) is 2.86. The van der Waals surface area contributed by atoms with Gasteiger partial charge in [-0.3, -0.25) is 13.9 Å². The lowest BCUT2D eigenvalue weighted by Gasteiger charge is -2.32. The topological polar surface area (TPSA) is 86.8 Å². The molecule has 2 aromatic carbocycles. The van der Waals surface area contributed by atoms with Crippen molar-refractivity contribution in [1.29, 1.82) is 0 Å². The lowest BCUT2D eigenvalue weighted by Crippen LogP contribution is -2.51. The summed E-state index contributed by atoms with van der Waals surface area (Å²) >= 11 is 0. The number of hydrogen-bond donors (Lipinski definition) is 1. The molecule has 174 valence electrons. The molecule has 2 aromatic rings. The molecule has 0 heterocycles. The maximum atomic E-state index is 13.4. The molecule has 7 nitrogen and oxygen atoms in total. The highest BCUT2D eigenvalue weighted by molar-refractivity contribution is 7.92. The fourth-order valence-electron chi connectivity index (χ4n) is 3.34. The standard InChI is InChI=1S/C24H33N3O4S/c1-5-6-16-25-24(29)20(3)26(17-21-13-8-7-9-14-21)23(28)18-27(32(4,30)31)22-15-11-10-12-19(22)2/h7-15,20H,5-6,16-18H2,1-4H3,(H,25,29)/t20-/m1/s1. The Bertz CT molecular complexity index is 1010. The predicted octanol–water partition coefficient (Wildman–Crippen LogP) is 3.09. The zero-order chi connectivity index (χ0) is 23.7. The summed E-state index contributed by atoms with van der Waals surface area (Å²) in [5.74, 6) is -0.704. The van der Waals surface area contributed by atoms with Crippen molar-refractivity contribution in [3.63, 3.8) is 0 Å². The molecule has 0 saturated heterocycles. The highest BCUT2D eigenvalue weighted by Gasteiger charge is 2.30. The van der Waals surface area contributed by atoms with Crippen molar-refractivity contribution >= 4 is 27.5 Å². The van der Waals surface area contributed by atoms with Gasteiger partial charge in [-0.2, -0.15) is 0 Å². The molecule has 0 unspecified atom stereocenters. The van der Waals surface area contributed by atoms with E-state index in [-0.39, 0.29) is 19.0 Å². The fourth-order valence-corrected chi connectivity index (χ4v) is 4.24. The first-order valence-electron chi connectivity index (χ1n) is 10.8. The molecule has 8 heteroatoms. The molecule has 32 heavy (non-hydrogen) atoms. The molecule has 0 aromatic heterocycles. The lowest BCUT2D eigenvalue weighted by atomic mass is 10.1. The number of sulfonamides is 1. The number of carbonyl (C=O) groups excluding carboxylic acids is 2. The molecule has 2 rings (SSSR count). The van der Waals surface area contributed by atoms with Gasteiger partial charge in [0, 0.05) is 13.1 Å². The van der Waals surface area contributed by atoms with Gasteiger partial charge in [-0.05, 0) is 37.5 Å². The van der Waals surface area contributed by atoms with E-state index in [0.29, 0.717) is 12.2 Å². The summed E-state index contributed by atoms with van der Waals surface area (Å²) in [5.41, 5.74) is 2.05. The molecule has 0 aliphatic heterocycles. The second kappa shape index (κ2) is 11.7. The summed E-state index contributed by atoms with van der Waals surface area (Å²) in [7, 11) is -3.72. The number of amides is 2. The quantitative estimate of drug-likeness (QED) is 0.523. The Balaban J connectivity index is 2.33. The van der Waals surface area contributed by atoms with Crippen molar-refractivity contribution in [2.24, 2.45) is 0 Å². The first kappa shape index (κ1) is 25.4. The second-order valence-electron chi connectivity index (χ2n) is 7.88. The van der Waals surface area contributed by atoms with Gasteiger partial charge >= 0.3 is 0 Å². The van der Waals surface area contributed by atoms with Crippen LogP contribution >= 0.6 is 0 Å². The van der Waals surface area contributed by atoms with Crippen molar-refractivity contribution < 1.29 is 18.0 Å². The van der Waals surface area contributed by atoms with E-state index in [4.69, 9.17) is 0 Å². The van der Waals surface area contributed by atoms with Crippen LogP contribution < -0.4 is 9.62 Å². The number of rotatable bonds is 11. The van der Waals surface area contributed by atoms with Gasteiger partial charge in [0.15, 0.2) is 0 Å². The third kappa shape index (κ3) is 7.09. The Morgan fingerprint density at radius 2 is 1.66 bits per heavy atom. The second-order valence-corrected chi connectivity index (χ2v) is 9.79. The molecule has 1 atom stereocenters. The van der Waals surface area contributed by atoms with E-state index in [1.807, 2.05) is 43.3 Å². The Morgan fingerprint density at radius 1 is 1.03 bits per heavy atom. The average Bonchev–Trinajstić information content (AvgIpc) is 2.76. The van der Waals surface area contributed by atoms with Gasteiger partial charge in [0.1, 0.15) is 12.6 Å². The molecule has 2 amide bonds. The summed E-state index contributed by atoms with van der Waals surface area (Å²) in [6.07, 6.45) is 2.87. The third-order valence-electron chi connectivity index (χ3n) is 5.26. The Kier molecular flexibility index (Phi) is 9.26. The number of hydrogen-bond acceptors (Lipinski definition) is 4. The van der Waals surface area contributed by atoms with Crippen LogP contribution in [-0.4, -0.2) is 50.5 Å². The minimum absolute atomic E-state index is 0.202. The third-order valence-corrected chi connectivity index (χ3v) is 6.38. The van der Waals surface area contributed by atoms with Crippen LogP contribution in [0.25, 0.3) is 0 Å². The van der Waals surface area contributed by atoms with Crippen LogP contribution in [0.5, 0.6) is 0 Å². The Labute approximate surface area is 191 Å². The molecule has 0 radical (unpaired) electrons. The van der Waals surface area contributed by atoms with Crippen molar-refractivity contribution in [2.75, 3.05) is 23.7 Å². The van der Waals surface area contributed by atoms with Crippen molar-refractivity contribution in [3.8, 4) is 0 Å². The Morgan fingerprint density at radius 3 is 2.25 bits per heavy atom. The average molecular weight is 460 g/mol. The number of unbranched alkanes of at least 4 members (excludes halogenated alkanes) is 1. The molecular formula is C24H33N3O4S. The number of nitrogens with zero attached hydrogens (tertiary/aromatic N) is 2. The van der Waals surface area contributed by atoms with E-state index in [1.165, 1.54) is 4.90 Å².